The van der Waals surface area contributed by atoms with E-state index in [9.17, 15) is 13.2 Å². The maximum absolute atomic E-state index is 13.2. The molecule has 1 aromatic heterocycles. The van der Waals surface area contributed by atoms with Crippen molar-refractivity contribution in [1.82, 2.24) is 9.97 Å². The van der Waals surface area contributed by atoms with Crippen LogP contribution in [0.2, 0.25) is 5.02 Å². The standard InChI is InChI=1S/C21H25ClN4O4S/c1-31(29,30)19-7-6-15(11-18(19)22)17(10-14-4-2-3-5-14)21(27)26-20-13-23-16(12-24-20)8-9-25-28/h6-7,9,11-14,17,28H,2-5,8,10H2,1H3,(H,24,26,27)/b25-9-/t17-/m1/s1. The first kappa shape index (κ1) is 23.1. The highest BCUT2D eigenvalue weighted by molar-refractivity contribution is 7.90. The lowest BCUT2D eigenvalue weighted by molar-refractivity contribution is -0.118. The number of anilines is 1. The van der Waals surface area contributed by atoms with E-state index in [1.165, 1.54) is 24.7 Å². The number of aromatic nitrogens is 2. The molecule has 0 saturated heterocycles. The monoisotopic (exact) mass is 464 g/mol. The zero-order valence-electron chi connectivity index (χ0n) is 17.2. The zero-order valence-corrected chi connectivity index (χ0v) is 18.7. The topological polar surface area (TPSA) is 122 Å². The van der Waals surface area contributed by atoms with Crippen molar-refractivity contribution in [3.63, 3.8) is 0 Å². The van der Waals surface area contributed by atoms with Crippen LogP contribution in [0.1, 0.15) is 49.3 Å². The molecule has 0 aliphatic heterocycles. The molecule has 0 radical (unpaired) electrons. The van der Waals surface area contributed by atoms with Crippen LogP contribution in [0, 0.1) is 5.92 Å². The van der Waals surface area contributed by atoms with Crippen LogP contribution < -0.4 is 5.32 Å². The third kappa shape index (κ3) is 6.24. The summed E-state index contributed by atoms with van der Waals surface area (Å²) in [5.41, 5.74) is 1.27. The Balaban J connectivity index is 1.83. The van der Waals surface area contributed by atoms with Crippen molar-refractivity contribution in [1.29, 1.82) is 0 Å². The molecule has 1 aromatic carbocycles. The Bertz CT molecular complexity index is 1050. The minimum absolute atomic E-state index is 0.0471. The summed E-state index contributed by atoms with van der Waals surface area (Å²) in [5.74, 6) is 0.00607. The van der Waals surface area contributed by atoms with Gasteiger partial charge in [0.05, 0.1) is 33.9 Å². The Morgan fingerprint density at radius 2 is 2.06 bits per heavy atom. The summed E-state index contributed by atoms with van der Waals surface area (Å²) in [6.45, 7) is 0. The minimum atomic E-state index is -3.45. The van der Waals surface area contributed by atoms with E-state index in [4.69, 9.17) is 16.8 Å². The summed E-state index contributed by atoms with van der Waals surface area (Å²) in [6.07, 6.45) is 10.8. The number of halogens is 1. The summed E-state index contributed by atoms with van der Waals surface area (Å²) < 4.78 is 23.8. The van der Waals surface area contributed by atoms with Crippen LogP contribution in [-0.2, 0) is 21.1 Å². The Morgan fingerprint density at radius 3 is 2.65 bits per heavy atom. The molecule has 1 heterocycles. The number of benzene rings is 1. The molecule has 8 nitrogen and oxygen atoms in total. The number of hydrogen-bond donors (Lipinski definition) is 2. The Morgan fingerprint density at radius 1 is 1.32 bits per heavy atom. The van der Waals surface area contributed by atoms with Gasteiger partial charge in [0.2, 0.25) is 5.91 Å². The number of amides is 1. The summed E-state index contributed by atoms with van der Waals surface area (Å²) in [6, 6.07) is 4.68. The van der Waals surface area contributed by atoms with Crippen LogP contribution in [0.25, 0.3) is 0 Å². The molecule has 0 unspecified atom stereocenters. The average molecular weight is 465 g/mol. The van der Waals surface area contributed by atoms with Gasteiger partial charge in [-0.1, -0.05) is 43.4 Å². The largest absolute Gasteiger partial charge is 0.411 e. The number of nitrogens with one attached hydrogen (secondary N) is 1. The number of nitrogens with zero attached hydrogens (tertiary/aromatic N) is 3. The normalized spacial score (nSPS) is 15.9. The molecular formula is C21H25ClN4O4S. The molecule has 2 aromatic rings. The van der Waals surface area contributed by atoms with Gasteiger partial charge >= 0.3 is 0 Å². The molecule has 2 N–H and O–H groups in total. The highest BCUT2D eigenvalue weighted by Gasteiger charge is 2.28. The number of carbonyl (C=O) groups excluding carboxylic acids is 1. The molecule has 31 heavy (non-hydrogen) atoms. The van der Waals surface area contributed by atoms with E-state index in [1.54, 1.807) is 12.1 Å². The fourth-order valence-corrected chi connectivity index (χ4v) is 5.22. The van der Waals surface area contributed by atoms with E-state index in [0.717, 1.165) is 31.9 Å². The van der Waals surface area contributed by atoms with Gasteiger partial charge < -0.3 is 10.5 Å². The number of hydrogen-bond acceptors (Lipinski definition) is 7. The molecule has 10 heteroatoms. The third-order valence-electron chi connectivity index (χ3n) is 5.46. The van der Waals surface area contributed by atoms with E-state index in [1.807, 2.05) is 0 Å². The van der Waals surface area contributed by atoms with Crippen LogP contribution >= 0.6 is 11.6 Å². The quantitative estimate of drug-likeness (QED) is 0.347. The number of rotatable bonds is 8. The van der Waals surface area contributed by atoms with Crippen molar-refractivity contribution in [3.05, 3.63) is 46.9 Å². The molecule has 3 rings (SSSR count). The number of sulfone groups is 1. The summed E-state index contributed by atoms with van der Waals surface area (Å²) in [4.78, 5) is 21.6. The minimum Gasteiger partial charge on any atom is -0.411 e. The molecule has 1 aliphatic carbocycles. The van der Waals surface area contributed by atoms with E-state index < -0.39 is 15.8 Å². The Labute approximate surface area is 186 Å². The molecule has 166 valence electrons. The lowest BCUT2D eigenvalue weighted by atomic mass is 9.87. The molecule has 1 saturated carbocycles. The molecule has 1 aliphatic rings. The third-order valence-corrected chi connectivity index (χ3v) is 7.04. The molecular weight excluding hydrogens is 440 g/mol. The molecule has 1 atom stereocenters. The zero-order chi connectivity index (χ0) is 22.4. The van der Waals surface area contributed by atoms with E-state index in [-0.39, 0.29) is 15.8 Å². The smallest absolute Gasteiger partial charge is 0.233 e. The fraction of sp³-hybridized carbons (Fsp3) is 0.429. The van der Waals surface area contributed by atoms with Gasteiger partial charge in [-0.3, -0.25) is 9.78 Å². The summed E-state index contributed by atoms with van der Waals surface area (Å²) in [7, 11) is -3.45. The van der Waals surface area contributed by atoms with Crippen LogP contribution in [0.4, 0.5) is 5.82 Å². The Kier molecular flexibility index (Phi) is 7.61. The van der Waals surface area contributed by atoms with Crippen LogP contribution in [0.15, 0.2) is 40.6 Å². The van der Waals surface area contributed by atoms with Crippen molar-refractivity contribution in [2.75, 3.05) is 11.6 Å². The van der Waals surface area contributed by atoms with E-state index >= 15 is 0 Å². The van der Waals surface area contributed by atoms with Crippen molar-refractivity contribution in [3.8, 4) is 0 Å². The SMILES string of the molecule is CS(=O)(=O)c1ccc([C@@H](CC2CCCC2)C(=O)Nc2cnc(C/C=N\O)cn2)cc1Cl. The van der Waals surface area contributed by atoms with Gasteiger partial charge in [-0.15, -0.1) is 5.16 Å². The van der Waals surface area contributed by atoms with Gasteiger partial charge in [-0.05, 0) is 30.0 Å². The number of carbonyl (C=O) groups is 1. The fourth-order valence-electron chi connectivity index (χ4n) is 3.88. The first-order valence-corrected chi connectivity index (χ1v) is 12.3. The second-order valence-electron chi connectivity index (χ2n) is 7.79. The highest BCUT2D eigenvalue weighted by atomic mass is 35.5. The van der Waals surface area contributed by atoms with Crippen LogP contribution in [0.5, 0.6) is 0 Å². The van der Waals surface area contributed by atoms with Crippen LogP contribution in [-0.4, -0.2) is 42.0 Å². The molecule has 0 spiro atoms. The predicted octanol–water partition coefficient (Wildman–Crippen LogP) is 3.84. The van der Waals surface area contributed by atoms with Crippen LogP contribution in [0.3, 0.4) is 0 Å². The average Bonchev–Trinajstić information content (AvgIpc) is 3.23. The lowest BCUT2D eigenvalue weighted by Gasteiger charge is -2.21. The summed E-state index contributed by atoms with van der Waals surface area (Å²) in [5, 5.41) is 14.3. The van der Waals surface area contributed by atoms with Gasteiger partial charge in [-0.25, -0.2) is 13.4 Å². The Hall–Kier alpha value is -2.52. The predicted molar refractivity (Wildman–Crippen MR) is 119 cm³/mol. The van der Waals surface area contributed by atoms with Gasteiger partial charge in [0.1, 0.15) is 0 Å². The van der Waals surface area contributed by atoms with Gasteiger partial charge in [0.25, 0.3) is 0 Å². The highest BCUT2D eigenvalue weighted by Crippen LogP contribution is 2.36. The van der Waals surface area contributed by atoms with Crippen molar-refractivity contribution in [2.45, 2.75) is 49.3 Å². The van der Waals surface area contributed by atoms with E-state index in [2.05, 4.69) is 20.4 Å². The van der Waals surface area contributed by atoms with Crippen molar-refractivity contribution in [2.24, 2.45) is 11.1 Å². The van der Waals surface area contributed by atoms with E-state index in [0.29, 0.717) is 35.8 Å². The van der Waals surface area contributed by atoms with Crippen molar-refractivity contribution >= 4 is 39.4 Å². The second-order valence-corrected chi connectivity index (χ2v) is 10.2. The lowest BCUT2D eigenvalue weighted by Crippen LogP contribution is -2.24. The first-order chi connectivity index (χ1) is 14.8. The molecule has 1 fully saturated rings. The molecule has 0 bridgehead atoms. The van der Waals surface area contributed by atoms with Crippen molar-refractivity contribution < 1.29 is 18.4 Å². The maximum Gasteiger partial charge on any atom is 0.233 e. The van der Waals surface area contributed by atoms with Gasteiger partial charge in [0, 0.05) is 18.9 Å². The van der Waals surface area contributed by atoms with Gasteiger partial charge in [0.15, 0.2) is 15.7 Å². The molecule has 1 amide bonds. The maximum atomic E-state index is 13.2. The first-order valence-electron chi connectivity index (χ1n) is 10.0. The van der Waals surface area contributed by atoms with Gasteiger partial charge in [-0.2, -0.15) is 0 Å². The second kappa shape index (κ2) is 10.2. The number of oxime groups is 1. The summed E-state index contributed by atoms with van der Waals surface area (Å²) >= 11 is 6.24.